The van der Waals surface area contributed by atoms with Gasteiger partial charge < -0.3 is 9.84 Å². The molecule has 0 bridgehead atoms. The second-order valence-electron chi connectivity index (χ2n) is 7.52. The largest absolute Gasteiger partial charge is 0.355 e. The molecule has 0 aliphatic heterocycles. The van der Waals surface area contributed by atoms with E-state index in [0.29, 0.717) is 17.4 Å². The molecule has 6 heteroatoms. The Morgan fingerprint density at radius 3 is 2.69 bits per heavy atom. The van der Waals surface area contributed by atoms with Crippen molar-refractivity contribution in [1.82, 2.24) is 14.9 Å². The zero-order valence-electron chi connectivity index (χ0n) is 16.0. The van der Waals surface area contributed by atoms with Crippen molar-refractivity contribution in [2.75, 3.05) is 5.32 Å². The maximum absolute atomic E-state index is 13.0. The summed E-state index contributed by atoms with van der Waals surface area (Å²) in [5.74, 6) is 1.25. The number of rotatable bonds is 4. The monoisotopic (exact) mass is 386 g/mol. The summed E-state index contributed by atoms with van der Waals surface area (Å²) in [5, 5.41) is 12.4. The third kappa shape index (κ3) is 3.42. The molecule has 1 N–H and O–H groups in total. The summed E-state index contributed by atoms with van der Waals surface area (Å²) in [4.78, 5) is 13.0. The van der Waals surface area contributed by atoms with E-state index in [2.05, 4.69) is 15.6 Å². The summed E-state index contributed by atoms with van der Waals surface area (Å²) >= 11 is 0. The molecule has 1 aliphatic rings. The number of nitrogens with one attached hydrogen (secondary N) is 1. The minimum absolute atomic E-state index is 0.162. The molecule has 6 nitrogen and oxygen atoms in total. The van der Waals surface area contributed by atoms with Gasteiger partial charge in [-0.05, 0) is 31.0 Å². The van der Waals surface area contributed by atoms with Gasteiger partial charge in [-0.15, -0.1) is 0 Å². The Balaban J connectivity index is 1.43. The topological polar surface area (TPSA) is 73.0 Å². The van der Waals surface area contributed by atoms with Crippen molar-refractivity contribution in [2.24, 2.45) is 0 Å². The molecule has 4 aromatic rings. The number of hydrogen-bond acceptors (Lipinski definition) is 4. The van der Waals surface area contributed by atoms with E-state index in [0.717, 1.165) is 35.1 Å². The highest BCUT2D eigenvalue weighted by Gasteiger charge is 2.20. The number of amides is 1. The molecule has 2 aromatic carbocycles. The predicted octanol–water partition coefficient (Wildman–Crippen LogP) is 5.45. The van der Waals surface area contributed by atoms with Crippen LogP contribution in [0.5, 0.6) is 0 Å². The van der Waals surface area contributed by atoms with Gasteiger partial charge in [-0.1, -0.05) is 54.8 Å². The molecule has 0 unspecified atom stereocenters. The van der Waals surface area contributed by atoms with Gasteiger partial charge >= 0.3 is 0 Å². The molecule has 5 rings (SSSR count). The van der Waals surface area contributed by atoms with Crippen molar-refractivity contribution in [2.45, 2.75) is 38.1 Å². The first-order valence-electron chi connectivity index (χ1n) is 10.1. The van der Waals surface area contributed by atoms with Crippen LogP contribution in [0.25, 0.3) is 22.2 Å². The van der Waals surface area contributed by atoms with E-state index in [1.807, 2.05) is 53.2 Å². The average Bonchev–Trinajstić information content (AvgIpc) is 3.41. The molecule has 1 saturated carbocycles. The Bertz CT molecular complexity index is 1140. The lowest BCUT2D eigenvalue weighted by molar-refractivity contribution is 0.102. The fourth-order valence-corrected chi connectivity index (χ4v) is 4.10. The second-order valence-corrected chi connectivity index (χ2v) is 7.52. The van der Waals surface area contributed by atoms with Gasteiger partial charge in [0, 0.05) is 17.2 Å². The maximum atomic E-state index is 13.0. The molecular formula is C23H22N4O2. The standard InChI is InChI=1S/C23H22N4O2/c28-23(25-21-13-14-24-27(21)18-9-5-2-6-10-18)17-11-12-20-19(15-17)22(29-26-20)16-7-3-1-4-8-16/h1,3-4,7-8,11-15,18H,2,5-6,9-10H2,(H,25,28). The number of anilines is 1. The molecule has 2 heterocycles. The minimum atomic E-state index is -0.162. The Hall–Kier alpha value is -3.41. The van der Waals surface area contributed by atoms with Crippen molar-refractivity contribution < 1.29 is 9.32 Å². The van der Waals surface area contributed by atoms with Crippen molar-refractivity contribution in [3.63, 3.8) is 0 Å². The van der Waals surface area contributed by atoms with Crippen molar-refractivity contribution in [1.29, 1.82) is 0 Å². The Kier molecular flexibility index (Phi) is 4.60. The molecule has 0 spiro atoms. The second kappa shape index (κ2) is 7.54. The van der Waals surface area contributed by atoms with Crippen molar-refractivity contribution in [3.05, 3.63) is 66.4 Å². The highest BCUT2D eigenvalue weighted by molar-refractivity contribution is 6.07. The predicted molar refractivity (Wildman–Crippen MR) is 112 cm³/mol. The van der Waals surface area contributed by atoms with Gasteiger partial charge in [-0.3, -0.25) is 4.79 Å². The Morgan fingerprint density at radius 2 is 1.86 bits per heavy atom. The normalized spacial score (nSPS) is 14.9. The van der Waals surface area contributed by atoms with Crippen LogP contribution >= 0.6 is 0 Å². The summed E-state index contributed by atoms with van der Waals surface area (Å²) in [6.45, 7) is 0. The van der Waals surface area contributed by atoms with Gasteiger partial charge in [-0.2, -0.15) is 5.10 Å². The van der Waals surface area contributed by atoms with E-state index >= 15 is 0 Å². The zero-order chi connectivity index (χ0) is 19.6. The van der Waals surface area contributed by atoms with E-state index in [1.54, 1.807) is 12.3 Å². The number of benzene rings is 2. The smallest absolute Gasteiger partial charge is 0.256 e. The van der Waals surface area contributed by atoms with E-state index in [1.165, 1.54) is 19.3 Å². The summed E-state index contributed by atoms with van der Waals surface area (Å²) in [7, 11) is 0. The fraction of sp³-hybridized carbons (Fsp3) is 0.261. The van der Waals surface area contributed by atoms with Crippen LogP contribution < -0.4 is 5.32 Å². The van der Waals surface area contributed by atoms with Gasteiger partial charge in [0.25, 0.3) is 5.91 Å². The van der Waals surface area contributed by atoms with Crippen LogP contribution in [-0.4, -0.2) is 20.8 Å². The highest BCUT2D eigenvalue weighted by Crippen LogP contribution is 2.31. The van der Waals surface area contributed by atoms with Crippen LogP contribution in [0, 0.1) is 0 Å². The van der Waals surface area contributed by atoms with Gasteiger partial charge in [0.2, 0.25) is 0 Å². The molecule has 0 atom stereocenters. The molecular weight excluding hydrogens is 364 g/mol. The van der Waals surface area contributed by atoms with E-state index in [4.69, 9.17) is 4.52 Å². The number of nitrogens with zero attached hydrogens (tertiary/aromatic N) is 3. The summed E-state index contributed by atoms with van der Waals surface area (Å²) < 4.78 is 7.51. The van der Waals surface area contributed by atoms with E-state index in [9.17, 15) is 4.79 Å². The molecule has 1 fully saturated rings. The average molecular weight is 386 g/mol. The lowest BCUT2D eigenvalue weighted by Crippen LogP contribution is -2.20. The molecule has 0 saturated heterocycles. The molecule has 1 amide bonds. The molecule has 29 heavy (non-hydrogen) atoms. The zero-order valence-corrected chi connectivity index (χ0v) is 16.0. The first kappa shape index (κ1) is 17.7. The molecule has 0 radical (unpaired) electrons. The number of aromatic nitrogens is 3. The lowest BCUT2D eigenvalue weighted by atomic mass is 9.96. The molecule has 146 valence electrons. The van der Waals surface area contributed by atoms with Crippen LogP contribution in [0.2, 0.25) is 0 Å². The molecule has 2 aromatic heterocycles. The SMILES string of the molecule is O=C(Nc1ccnn1C1CCCCC1)c1ccc2noc(-c3ccccc3)c2c1. The van der Waals surface area contributed by atoms with Gasteiger partial charge in [0.15, 0.2) is 5.76 Å². The first-order chi connectivity index (χ1) is 14.3. The Labute approximate surface area is 168 Å². The number of carbonyl (C=O) groups excluding carboxylic acids is 1. The van der Waals surface area contributed by atoms with Crippen LogP contribution in [0.4, 0.5) is 5.82 Å². The van der Waals surface area contributed by atoms with Crippen LogP contribution in [0.15, 0.2) is 65.3 Å². The quantitative estimate of drug-likeness (QED) is 0.506. The summed E-state index contributed by atoms with van der Waals surface area (Å²) in [5.41, 5.74) is 2.23. The summed E-state index contributed by atoms with van der Waals surface area (Å²) in [6.07, 6.45) is 7.67. The number of carbonyl (C=O) groups is 1. The van der Waals surface area contributed by atoms with Crippen molar-refractivity contribution in [3.8, 4) is 11.3 Å². The van der Waals surface area contributed by atoms with Crippen LogP contribution in [0.3, 0.4) is 0 Å². The van der Waals surface area contributed by atoms with Gasteiger partial charge in [-0.25, -0.2) is 4.68 Å². The highest BCUT2D eigenvalue weighted by atomic mass is 16.5. The van der Waals surface area contributed by atoms with Crippen molar-refractivity contribution >= 4 is 22.6 Å². The number of fused-ring (bicyclic) bond motifs is 1. The molecule has 1 aliphatic carbocycles. The summed E-state index contributed by atoms with van der Waals surface area (Å²) in [6, 6.07) is 17.4. The minimum Gasteiger partial charge on any atom is -0.355 e. The first-order valence-corrected chi connectivity index (χ1v) is 10.1. The lowest BCUT2D eigenvalue weighted by Gasteiger charge is -2.23. The van der Waals surface area contributed by atoms with Gasteiger partial charge in [0.05, 0.1) is 17.6 Å². The third-order valence-electron chi connectivity index (χ3n) is 5.61. The van der Waals surface area contributed by atoms with Gasteiger partial charge in [0.1, 0.15) is 11.3 Å². The Morgan fingerprint density at radius 1 is 1.03 bits per heavy atom. The number of hydrogen-bond donors (Lipinski definition) is 1. The van der Waals surface area contributed by atoms with E-state index in [-0.39, 0.29) is 5.91 Å². The van der Waals surface area contributed by atoms with Crippen LogP contribution in [-0.2, 0) is 0 Å². The maximum Gasteiger partial charge on any atom is 0.256 e. The third-order valence-corrected chi connectivity index (χ3v) is 5.61. The fourth-order valence-electron chi connectivity index (χ4n) is 4.10. The van der Waals surface area contributed by atoms with Crippen LogP contribution in [0.1, 0.15) is 48.5 Å². The van der Waals surface area contributed by atoms with E-state index < -0.39 is 0 Å².